The van der Waals surface area contributed by atoms with Crippen molar-refractivity contribution in [2.45, 2.75) is 25.7 Å². The number of hydrogen-bond donors (Lipinski definition) is 1. The normalized spacial score (nSPS) is 25.7. The summed E-state index contributed by atoms with van der Waals surface area (Å²) in [7, 11) is 3.12. The molecule has 0 radical (unpaired) electrons. The standard InChI is InChI=1S/C15H21N4O3S/c1-18-12-10(14(21)19(2)15(18)22)13(23-8-7-20)17-11(16-12)9-5-3-4-6-9/h9-10,20H,3-8H2,1-2H3/q+1. The van der Waals surface area contributed by atoms with Crippen molar-refractivity contribution in [3.05, 3.63) is 0 Å². The Balaban J connectivity index is 2.04. The minimum atomic E-state index is -0.635. The van der Waals surface area contributed by atoms with Crippen LogP contribution in [0.5, 0.6) is 0 Å². The molecule has 3 amide bonds. The van der Waals surface area contributed by atoms with Crippen molar-refractivity contribution in [1.82, 2.24) is 4.90 Å². The van der Waals surface area contributed by atoms with Crippen LogP contribution in [0.2, 0.25) is 0 Å². The molecule has 0 aromatic heterocycles. The van der Waals surface area contributed by atoms with E-state index in [0.717, 1.165) is 36.4 Å². The van der Waals surface area contributed by atoms with Gasteiger partial charge in [0.15, 0.2) is 5.92 Å². The fraction of sp³-hybridized carbons (Fsp3) is 0.667. The van der Waals surface area contributed by atoms with Gasteiger partial charge in [-0.1, -0.05) is 17.8 Å². The summed E-state index contributed by atoms with van der Waals surface area (Å²) in [5.41, 5.74) is 0. The molecule has 0 aromatic rings. The first-order valence-electron chi connectivity index (χ1n) is 7.87. The molecule has 0 bridgehead atoms. The molecule has 1 aliphatic carbocycles. The number of aliphatic hydroxyl groups excluding tert-OH is 1. The molecule has 0 spiro atoms. The summed E-state index contributed by atoms with van der Waals surface area (Å²) >= 11 is 1.37. The van der Waals surface area contributed by atoms with Gasteiger partial charge in [0.05, 0.1) is 20.7 Å². The van der Waals surface area contributed by atoms with Gasteiger partial charge in [0.1, 0.15) is 5.04 Å². The topological polar surface area (TPSA) is 85.3 Å². The van der Waals surface area contributed by atoms with Crippen LogP contribution in [0.25, 0.3) is 0 Å². The van der Waals surface area contributed by atoms with Crippen LogP contribution >= 0.6 is 11.8 Å². The first-order chi connectivity index (χ1) is 11.0. The third-order valence-electron chi connectivity index (χ3n) is 4.52. The van der Waals surface area contributed by atoms with Crippen LogP contribution in [-0.2, 0) is 4.79 Å². The molecule has 1 unspecified atom stereocenters. The minimum absolute atomic E-state index is 0.0143. The number of aliphatic hydroxyl groups is 1. The van der Waals surface area contributed by atoms with E-state index in [1.807, 2.05) is 0 Å². The van der Waals surface area contributed by atoms with Crippen molar-refractivity contribution >= 4 is 40.4 Å². The quantitative estimate of drug-likeness (QED) is 0.777. The molecular formula is C15H21N4O3S+. The van der Waals surface area contributed by atoms with E-state index in [1.54, 1.807) is 7.05 Å². The zero-order valence-electron chi connectivity index (χ0n) is 13.4. The number of carbonyl (C=O) groups is 2. The number of thioether (sulfide) groups is 1. The Bertz CT molecular complexity index is 635. The molecular weight excluding hydrogens is 316 g/mol. The lowest BCUT2D eigenvalue weighted by atomic mass is 10.0. The van der Waals surface area contributed by atoms with E-state index < -0.39 is 5.92 Å². The Labute approximate surface area is 139 Å². The van der Waals surface area contributed by atoms with E-state index in [1.165, 1.54) is 23.4 Å². The molecule has 8 heteroatoms. The highest BCUT2D eigenvalue weighted by atomic mass is 32.2. The number of rotatable bonds is 3. The molecule has 1 fully saturated rings. The summed E-state index contributed by atoms with van der Waals surface area (Å²) in [6, 6.07) is -0.371. The Hall–Kier alpha value is -1.54. The molecule has 3 rings (SSSR count). The maximum atomic E-state index is 12.5. The monoisotopic (exact) mass is 337 g/mol. The average Bonchev–Trinajstić information content (AvgIpc) is 3.09. The number of carbonyl (C=O) groups excluding carboxylic acids is 2. The highest BCUT2D eigenvalue weighted by Gasteiger charge is 2.49. The second kappa shape index (κ2) is 6.52. The summed E-state index contributed by atoms with van der Waals surface area (Å²) in [4.78, 5) is 35.1. The van der Waals surface area contributed by atoms with Crippen molar-refractivity contribution in [2.75, 3.05) is 26.5 Å². The predicted octanol–water partition coefficient (Wildman–Crippen LogP) is 0.962. The fourth-order valence-corrected chi connectivity index (χ4v) is 4.05. The highest BCUT2D eigenvalue weighted by molar-refractivity contribution is 8.14. The zero-order valence-corrected chi connectivity index (χ0v) is 14.2. The lowest BCUT2D eigenvalue weighted by molar-refractivity contribution is -0.407. The maximum Gasteiger partial charge on any atom is 0.445 e. The zero-order chi connectivity index (χ0) is 16.6. The summed E-state index contributed by atoms with van der Waals surface area (Å²) in [6.07, 6.45) is 4.41. The van der Waals surface area contributed by atoms with Gasteiger partial charge >= 0.3 is 11.9 Å². The number of amidine groups is 2. The van der Waals surface area contributed by atoms with Crippen molar-refractivity contribution in [1.29, 1.82) is 0 Å². The van der Waals surface area contributed by atoms with Crippen LogP contribution in [-0.4, -0.2) is 69.7 Å². The van der Waals surface area contributed by atoms with Crippen LogP contribution in [0, 0.1) is 11.8 Å². The van der Waals surface area contributed by atoms with Crippen molar-refractivity contribution in [2.24, 2.45) is 21.8 Å². The van der Waals surface area contributed by atoms with Gasteiger partial charge in [0, 0.05) is 11.7 Å². The molecule has 1 atom stereocenters. The second-order valence-electron chi connectivity index (χ2n) is 6.00. The van der Waals surface area contributed by atoms with Gasteiger partial charge < -0.3 is 5.11 Å². The molecule has 124 valence electrons. The predicted molar refractivity (Wildman–Crippen MR) is 89.2 cm³/mol. The van der Waals surface area contributed by atoms with Crippen LogP contribution < -0.4 is 0 Å². The van der Waals surface area contributed by atoms with Crippen LogP contribution in [0.1, 0.15) is 25.7 Å². The Kier molecular flexibility index (Phi) is 4.63. The van der Waals surface area contributed by atoms with Crippen molar-refractivity contribution in [3.8, 4) is 0 Å². The fourth-order valence-electron chi connectivity index (χ4n) is 3.22. The van der Waals surface area contributed by atoms with Crippen LogP contribution in [0.15, 0.2) is 9.98 Å². The Morgan fingerprint density at radius 2 is 2.00 bits per heavy atom. The van der Waals surface area contributed by atoms with Crippen LogP contribution in [0.4, 0.5) is 4.79 Å². The van der Waals surface area contributed by atoms with Gasteiger partial charge in [-0.3, -0.25) is 4.79 Å². The number of fused-ring (bicyclic) bond motifs is 1. The lowest BCUT2D eigenvalue weighted by Crippen LogP contribution is -2.55. The van der Waals surface area contributed by atoms with Gasteiger partial charge in [-0.05, 0) is 12.8 Å². The number of hydrogen-bond acceptors (Lipinski definition) is 6. The number of nitrogens with zero attached hydrogens (tertiary/aromatic N) is 4. The van der Waals surface area contributed by atoms with Crippen LogP contribution in [0.3, 0.4) is 0 Å². The van der Waals surface area contributed by atoms with Gasteiger partial charge in [0.2, 0.25) is 5.84 Å². The molecule has 0 aromatic carbocycles. The first kappa shape index (κ1) is 16.3. The van der Waals surface area contributed by atoms with E-state index in [4.69, 9.17) is 5.11 Å². The van der Waals surface area contributed by atoms with Gasteiger partial charge in [-0.2, -0.15) is 9.48 Å². The number of imide groups is 1. The summed E-state index contributed by atoms with van der Waals surface area (Å²) in [6.45, 7) is 0.0143. The first-order valence-corrected chi connectivity index (χ1v) is 8.86. The minimum Gasteiger partial charge on any atom is -0.396 e. The summed E-state index contributed by atoms with van der Waals surface area (Å²) < 4.78 is 1.44. The largest absolute Gasteiger partial charge is 0.445 e. The van der Waals surface area contributed by atoms with E-state index in [0.29, 0.717) is 22.6 Å². The number of aliphatic imine (C=N–C) groups is 2. The summed E-state index contributed by atoms with van der Waals surface area (Å²) in [5, 5.41) is 9.75. The smallest absolute Gasteiger partial charge is 0.396 e. The van der Waals surface area contributed by atoms with Gasteiger partial charge in [-0.25, -0.2) is 9.79 Å². The molecule has 0 saturated heterocycles. The maximum absolute atomic E-state index is 12.5. The molecule has 23 heavy (non-hydrogen) atoms. The molecule has 1 saturated carbocycles. The third-order valence-corrected chi connectivity index (χ3v) is 5.53. The molecule has 7 nitrogen and oxygen atoms in total. The van der Waals surface area contributed by atoms with Crippen molar-refractivity contribution in [3.63, 3.8) is 0 Å². The SMILES string of the molecule is CN1C(=O)C2C(SCCO)=NC(C3CCCC3)=NC2=[N+](C)C1=O. The van der Waals surface area contributed by atoms with Crippen molar-refractivity contribution < 1.29 is 19.3 Å². The number of urea groups is 1. The molecule has 1 N–H and O–H groups in total. The van der Waals surface area contributed by atoms with E-state index >= 15 is 0 Å². The number of amides is 3. The molecule has 3 aliphatic rings. The molecule has 2 aliphatic heterocycles. The van der Waals surface area contributed by atoms with E-state index in [2.05, 4.69) is 9.98 Å². The average molecular weight is 337 g/mol. The lowest BCUT2D eigenvalue weighted by Gasteiger charge is -2.27. The second-order valence-corrected chi connectivity index (χ2v) is 7.12. The molecule has 2 heterocycles. The Morgan fingerprint density at radius 1 is 1.30 bits per heavy atom. The summed E-state index contributed by atoms with van der Waals surface area (Å²) in [5.74, 6) is 1.02. The van der Waals surface area contributed by atoms with E-state index in [9.17, 15) is 9.59 Å². The van der Waals surface area contributed by atoms with E-state index in [-0.39, 0.29) is 18.5 Å². The Morgan fingerprint density at radius 3 is 2.65 bits per heavy atom. The highest BCUT2D eigenvalue weighted by Crippen LogP contribution is 2.31. The van der Waals surface area contributed by atoms with Gasteiger partial charge in [-0.15, -0.1) is 11.8 Å². The third kappa shape index (κ3) is 2.85. The van der Waals surface area contributed by atoms with Gasteiger partial charge in [0.25, 0.3) is 5.84 Å².